The average Bonchev–Trinajstić information content (AvgIpc) is 2.92. The van der Waals surface area contributed by atoms with Crippen LogP contribution in [0.4, 0.5) is 0 Å². The van der Waals surface area contributed by atoms with E-state index in [2.05, 4.69) is 55.3 Å². The van der Waals surface area contributed by atoms with Gasteiger partial charge < -0.3 is 5.32 Å². The lowest BCUT2D eigenvalue weighted by Gasteiger charge is -2.20. The number of aryl methyl sites for hydroxylation is 2. The van der Waals surface area contributed by atoms with E-state index in [9.17, 15) is 0 Å². The zero-order chi connectivity index (χ0) is 13.9. The molecule has 3 nitrogen and oxygen atoms in total. The van der Waals surface area contributed by atoms with Gasteiger partial charge in [0.05, 0.1) is 4.88 Å². The summed E-state index contributed by atoms with van der Waals surface area (Å²) in [6.07, 6.45) is 2.11. The van der Waals surface area contributed by atoms with Gasteiger partial charge in [0.2, 0.25) is 0 Å². The lowest BCUT2D eigenvalue weighted by molar-refractivity contribution is 0.422. The highest BCUT2D eigenvalue weighted by atomic mass is 32.1. The zero-order valence-electron chi connectivity index (χ0n) is 12.0. The third-order valence-corrected chi connectivity index (χ3v) is 4.79. The molecule has 104 valence electrons. The molecule has 0 fully saturated rings. The zero-order valence-corrected chi connectivity index (χ0v) is 13.6. The predicted octanol–water partition coefficient (Wildman–Crippen LogP) is 3.90. The SMILES string of the molecule is Cc1ccc(-c2nnc(CCCNC(C)(C)C)s2)s1. The minimum absolute atomic E-state index is 0.195. The lowest BCUT2D eigenvalue weighted by Crippen LogP contribution is -2.36. The van der Waals surface area contributed by atoms with Gasteiger partial charge >= 0.3 is 0 Å². The summed E-state index contributed by atoms with van der Waals surface area (Å²) < 4.78 is 0. The summed E-state index contributed by atoms with van der Waals surface area (Å²) in [5.41, 5.74) is 0.195. The standard InChI is InChI=1S/C14H21N3S2/c1-10-7-8-11(18-10)13-17-16-12(19-13)6-5-9-15-14(2,3)4/h7-8,15H,5-6,9H2,1-4H3. The van der Waals surface area contributed by atoms with Gasteiger partial charge in [0.25, 0.3) is 0 Å². The number of hydrogen-bond acceptors (Lipinski definition) is 5. The monoisotopic (exact) mass is 295 g/mol. The Morgan fingerprint density at radius 3 is 2.58 bits per heavy atom. The van der Waals surface area contributed by atoms with E-state index in [1.54, 1.807) is 22.7 Å². The topological polar surface area (TPSA) is 37.8 Å². The molecule has 0 spiro atoms. The van der Waals surface area contributed by atoms with Gasteiger partial charge in [-0.2, -0.15) is 0 Å². The van der Waals surface area contributed by atoms with Crippen molar-refractivity contribution in [3.05, 3.63) is 22.0 Å². The van der Waals surface area contributed by atoms with Crippen molar-refractivity contribution in [2.24, 2.45) is 0 Å². The van der Waals surface area contributed by atoms with Gasteiger partial charge in [-0.3, -0.25) is 0 Å². The molecule has 0 saturated heterocycles. The van der Waals surface area contributed by atoms with Crippen LogP contribution in [0.15, 0.2) is 12.1 Å². The summed E-state index contributed by atoms with van der Waals surface area (Å²) in [6.45, 7) is 9.71. The molecular weight excluding hydrogens is 274 g/mol. The van der Waals surface area contributed by atoms with E-state index in [4.69, 9.17) is 0 Å². The molecule has 0 saturated carbocycles. The minimum Gasteiger partial charge on any atom is -0.312 e. The molecule has 0 aliphatic heterocycles. The maximum Gasteiger partial charge on any atom is 0.157 e. The van der Waals surface area contributed by atoms with Crippen LogP contribution in [0.1, 0.15) is 37.1 Å². The summed E-state index contributed by atoms with van der Waals surface area (Å²) >= 11 is 3.50. The second kappa shape index (κ2) is 6.11. The molecule has 2 heterocycles. The summed E-state index contributed by atoms with van der Waals surface area (Å²) in [7, 11) is 0. The first-order valence-electron chi connectivity index (χ1n) is 6.58. The normalized spacial score (nSPS) is 12.0. The first kappa shape index (κ1) is 14.6. The third-order valence-electron chi connectivity index (χ3n) is 2.64. The fourth-order valence-electron chi connectivity index (χ4n) is 1.71. The van der Waals surface area contributed by atoms with Crippen molar-refractivity contribution in [1.29, 1.82) is 0 Å². The first-order valence-corrected chi connectivity index (χ1v) is 8.21. The highest BCUT2D eigenvalue weighted by Crippen LogP contribution is 2.30. The van der Waals surface area contributed by atoms with Crippen LogP contribution in [0, 0.1) is 6.92 Å². The Morgan fingerprint density at radius 2 is 1.95 bits per heavy atom. The van der Waals surface area contributed by atoms with Crippen molar-refractivity contribution in [2.75, 3.05) is 6.54 Å². The van der Waals surface area contributed by atoms with Crippen LogP contribution in [0.2, 0.25) is 0 Å². The predicted molar refractivity (Wildman–Crippen MR) is 84.0 cm³/mol. The van der Waals surface area contributed by atoms with E-state index in [0.29, 0.717) is 0 Å². The van der Waals surface area contributed by atoms with Crippen LogP contribution in [0.25, 0.3) is 9.88 Å². The summed E-state index contributed by atoms with van der Waals surface area (Å²) in [5, 5.41) is 14.3. The van der Waals surface area contributed by atoms with E-state index in [1.807, 2.05) is 0 Å². The van der Waals surface area contributed by atoms with Crippen LogP contribution in [-0.2, 0) is 6.42 Å². The Hall–Kier alpha value is -0.780. The van der Waals surface area contributed by atoms with E-state index < -0.39 is 0 Å². The lowest BCUT2D eigenvalue weighted by atomic mass is 10.1. The molecule has 0 bridgehead atoms. The number of rotatable bonds is 5. The van der Waals surface area contributed by atoms with Crippen LogP contribution < -0.4 is 5.32 Å². The van der Waals surface area contributed by atoms with Crippen LogP contribution >= 0.6 is 22.7 Å². The fraction of sp³-hybridized carbons (Fsp3) is 0.571. The maximum absolute atomic E-state index is 4.29. The van der Waals surface area contributed by atoms with Crippen molar-refractivity contribution in [2.45, 2.75) is 46.1 Å². The van der Waals surface area contributed by atoms with Gasteiger partial charge in [0.15, 0.2) is 5.01 Å². The van der Waals surface area contributed by atoms with Crippen LogP contribution in [0.3, 0.4) is 0 Å². The third kappa shape index (κ3) is 4.67. The maximum atomic E-state index is 4.29. The number of nitrogens with zero attached hydrogens (tertiary/aromatic N) is 2. The molecule has 5 heteroatoms. The molecule has 2 rings (SSSR count). The highest BCUT2D eigenvalue weighted by Gasteiger charge is 2.10. The Bertz CT molecular complexity index is 523. The average molecular weight is 295 g/mol. The van der Waals surface area contributed by atoms with E-state index in [0.717, 1.165) is 29.4 Å². The molecule has 1 N–H and O–H groups in total. The summed E-state index contributed by atoms with van der Waals surface area (Å²) in [6, 6.07) is 4.26. The fourth-order valence-corrected chi connectivity index (χ4v) is 3.51. The number of aromatic nitrogens is 2. The molecular formula is C14H21N3S2. The van der Waals surface area contributed by atoms with E-state index in [1.165, 1.54) is 9.75 Å². The van der Waals surface area contributed by atoms with Crippen molar-refractivity contribution < 1.29 is 0 Å². The molecule has 0 radical (unpaired) electrons. The Morgan fingerprint density at radius 1 is 1.16 bits per heavy atom. The molecule has 0 aliphatic rings. The Labute approximate surface area is 123 Å². The molecule has 0 unspecified atom stereocenters. The van der Waals surface area contributed by atoms with Crippen LogP contribution in [-0.4, -0.2) is 22.3 Å². The van der Waals surface area contributed by atoms with Crippen molar-refractivity contribution in [3.63, 3.8) is 0 Å². The van der Waals surface area contributed by atoms with Gasteiger partial charge in [-0.15, -0.1) is 21.5 Å². The molecule has 0 amide bonds. The second-order valence-electron chi connectivity index (χ2n) is 5.69. The summed E-state index contributed by atoms with van der Waals surface area (Å²) in [5.74, 6) is 0. The highest BCUT2D eigenvalue weighted by molar-refractivity contribution is 7.21. The Kier molecular flexibility index (Phi) is 4.71. The molecule has 2 aromatic heterocycles. The smallest absolute Gasteiger partial charge is 0.157 e. The number of nitrogens with one attached hydrogen (secondary N) is 1. The number of hydrogen-bond donors (Lipinski definition) is 1. The number of thiophene rings is 1. The minimum atomic E-state index is 0.195. The van der Waals surface area contributed by atoms with Crippen molar-refractivity contribution in [3.8, 4) is 9.88 Å². The quantitative estimate of drug-likeness (QED) is 0.850. The summed E-state index contributed by atoms with van der Waals surface area (Å²) in [4.78, 5) is 2.55. The second-order valence-corrected chi connectivity index (χ2v) is 8.04. The van der Waals surface area contributed by atoms with E-state index >= 15 is 0 Å². The molecule has 2 aromatic rings. The Balaban J connectivity index is 1.85. The van der Waals surface area contributed by atoms with Crippen molar-refractivity contribution in [1.82, 2.24) is 15.5 Å². The molecule has 19 heavy (non-hydrogen) atoms. The van der Waals surface area contributed by atoms with Gasteiger partial charge in [-0.25, -0.2) is 0 Å². The largest absolute Gasteiger partial charge is 0.312 e. The first-order chi connectivity index (χ1) is 8.94. The van der Waals surface area contributed by atoms with Gasteiger partial charge in [-0.1, -0.05) is 11.3 Å². The van der Waals surface area contributed by atoms with Gasteiger partial charge in [-0.05, 0) is 52.8 Å². The van der Waals surface area contributed by atoms with Gasteiger partial charge in [0.1, 0.15) is 5.01 Å². The van der Waals surface area contributed by atoms with Gasteiger partial charge in [0, 0.05) is 16.8 Å². The molecule has 0 aliphatic carbocycles. The molecule has 0 aromatic carbocycles. The van der Waals surface area contributed by atoms with Crippen molar-refractivity contribution >= 4 is 22.7 Å². The van der Waals surface area contributed by atoms with Crippen LogP contribution in [0.5, 0.6) is 0 Å². The molecule has 0 atom stereocenters. The van der Waals surface area contributed by atoms with E-state index in [-0.39, 0.29) is 5.54 Å².